The summed E-state index contributed by atoms with van der Waals surface area (Å²) in [4.78, 5) is 8.46. The molecular weight excluding hydrogens is 327 g/mol. The third-order valence-electron chi connectivity index (χ3n) is 3.26. The predicted molar refractivity (Wildman–Crippen MR) is 84.3 cm³/mol. The molecule has 0 saturated heterocycles. The lowest BCUT2D eigenvalue weighted by molar-refractivity contribution is 0.181. The van der Waals surface area contributed by atoms with Crippen LogP contribution in [0.25, 0.3) is 5.78 Å². The average Bonchev–Trinajstić information content (AvgIpc) is 3.06. The number of hydrogen-bond acceptors (Lipinski definition) is 5. The number of methoxy groups -OCH3 is 1. The van der Waals surface area contributed by atoms with E-state index in [0.717, 1.165) is 17.2 Å². The van der Waals surface area contributed by atoms with Crippen molar-refractivity contribution in [2.45, 2.75) is 13.2 Å². The summed E-state index contributed by atoms with van der Waals surface area (Å²) in [6, 6.07) is 3.70. The standard InChI is InChI=1S/C13H14Cl2N6O/c1-20-9(4-10(14)12(20)15)5-16-11-3-8(6-22-2)19-13-17-7-18-21(11)13/h3-4,7,16H,5-6H2,1-2H3. The molecule has 3 rings (SSSR count). The fourth-order valence-electron chi connectivity index (χ4n) is 2.15. The molecule has 0 aliphatic heterocycles. The maximum atomic E-state index is 6.07. The highest BCUT2D eigenvalue weighted by molar-refractivity contribution is 6.41. The van der Waals surface area contributed by atoms with Gasteiger partial charge in [0.15, 0.2) is 0 Å². The van der Waals surface area contributed by atoms with Crippen LogP contribution in [0.4, 0.5) is 5.82 Å². The third-order valence-corrected chi connectivity index (χ3v) is 4.11. The second kappa shape index (κ2) is 6.12. The minimum Gasteiger partial charge on any atom is -0.378 e. The van der Waals surface area contributed by atoms with Crippen LogP contribution in [0.1, 0.15) is 11.4 Å². The Morgan fingerprint density at radius 1 is 1.32 bits per heavy atom. The SMILES string of the molecule is COCc1cc(NCc2cc(Cl)c(Cl)n2C)n2ncnc2n1. The zero-order valence-electron chi connectivity index (χ0n) is 12.0. The molecule has 1 N–H and O–H groups in total. The van der Waals surface area contributed by atoms with Crippen molar-refractivity contribution in [1.82, 2.24) is 24.1 Å². The molecular formula is C13H14Cl2N6O. The number of nitrogens with zero attached hydrogens (tertiary/aromatic N) is 5. The van der Waals surface area contributed by atoms with Crippen LogP contribution >= 0.6 is 23.2 Å². The van der Waals surface area contributed by atoms with Gasteiger partial charge in [-0.05, 0) is 6.07 Å². The fourth-order valence-corrected chi connectivity index (χ4v) is 2.56. The molecule has 3 aromatic rings. The van der Waals surface area contributed by atoms with E-state index in [-0.39, 0.29) is 0 Å². The molecule has 7 nitrogen and oxygen atoms in total. The average molecular weight is 341 g/mol. The normalized spacial score (nSPS) is 11.3. The van der Waals surface area contributed by atoms with Crippen molar-refractivity contribution in [1.29, 1.82) is 0 Å². The van der Waals surface area contributed by atoms with Crippen molar-refractivity contribution in [3.05, 3.63) is 40.0 Å². The maximum absolute atomic E-state index is 6.07. The molecule has 0 aliphatic carbocycles. The van der Waals surface area contributed by atoms with Gasteiger partial charge in [-0.1, -0.05) is 23.2 Å². The minimum absolute atomic E-state index is 0.403. The number of rotatable bonds is 5. The highest BCUT2D eigenvalue weighted by atomic mass is 35.5. The Kier molecular flexibility index (Phi) is 4.19. The van der Waals surface area contributed by atoms with Crippen molar-refractivity contribution in [3.63, 3.8) is 0 Å². The van der Waals surface area contributed by atoms with Crippen molar-refractivity contribution in [2.24, 2.45) is 7.05 Å². The van der Waals surface area contributed by atoms with Gasteiger partial charge in [0.05, 0.1) is 23.9 Å². The first-order chi connectivity index (χ1) is 10.6. The van der Waals surface area contributed by atoms with Gasteiger partial charge in [-0.15, -0.1) is 0 Å². The van der Waals surface area contributed by atoms with Crippen LogP contribution in [0.5, 0.6) is 0 Å². The molecule has 22 heavy (non-hydrogen) atoms. The molecule has 0 atom stereocenters. The Morgan fingerprint density at radius 2 is 2.14 bits per heavy atom. The summed E-state index contributed by atoms with van der Waals surface area (Å²) in [5.41, 5.74) is 1.72. The van der Waals surface area contributed by atoms with Crippen molar-refractivity contribution >= 4 is 34.8 Å². The maximum Gasteiger partial charge on any atom is 0.254 e. The van der Waals surface area contributed by atoms with Crippen LogP contribution in [-0.4, -0.2) is 31.3 Å². The number of nitrogens with one attached hydrogen (secondary N) is 1. The third kappa shape index (κ3) is 2.75. The van der Waals surface area contributed by atoms with Gasteiger partial charge in [-0.25, -0.2) is 4.98 Å². The molecule has 116 valence electrons. The summed E-state index contributed by atoms with van der Waals surface area (Å²) >= 11 is 12.1. The predicted octanol–water partition coefficient (Wildman–Crippen LogP) is 2.53. The first-order valence-corrected chi connectivity index (χ1v) is 7.28. The van der Waals surface area contributed by atoms with E-state index in [0.29, 0.717) is 29.1 Å². The Hall–Kier alpha value is -1.83. The van der Waals surface area contributed by atoms with E-state index in [4.69, 9.17) is 27.9 Å². The summed E-state index contributed by atoms with van der Waals surface area (Å²) < 4.78 is 8.58. The number of fused-ring (bicyclic) bond motifs is 1. The monoisotopic (exact) mass is 340 g/mol. The lowest BCUT2D eigenvalue weighted by Gasteiger charge is -2.10. The second-order valence-corrected chi connectivity index (χ2v) is 5.49. The molecule has 3 aromatic heterocycles. The van der Waals surface area contributed by atoms with Crippen LogP contribution in [0.15, 0.2) is 18.5 Å². The lowest BCUT2D eigenvalue weighted by atomic mass is 10.3. The van der Waals surface area contributed by atoms with Crippen LogP contribution < -0.4 is 5.32 Å². The Labute approximate surface area is 136 Å². The molecule has 0 bridgehead atoms. The van der Waals surface area contributed by atoms with Gasteiger partial charge in [0.1, 0.15) is 17.3 Å². The van der Waals surface area contributed by atoms with Crippen molar-refractivity contribution in [3.8, 4) is 0 Å². The van der Waals surface area contributed by atoms with E-state index < -0.39 is 0 Å². The molecule has 0 saturated carbocycles. The molecule has 0 unspecified atom stereocenters. The summed E-state index contributed by atoms with van der Waals surface area (Å²) in [5.74, 6) is 1.28. The summed E-state index contributed by atoms with van der Waals surface area (Å²) in [6.07, 6.45) is 1.46. The molecule has 0 aromatic carbocycles. The molecule has 3 heterocycles. The van der Waals surface area contributed by atoms with Crippen LogP contribution in [0, 0.1) is 0 Å². The summed E-state index contributed by atoms with van der Waals surface area (Å²) in [6.45, 7) is 0.939. The first-order valence-electron chi connectivity index (χ1n) is 6.52. The van der Waals surface area contributed by atoms with Crippen molar-refractivity contribution < 1.29 is 4.74 Å². The smallest absolute Gasteiger partial charge is 0.254 e. The van der Waals surface area contributed by atoms with Crippen LogP contribution in [0.2, 0.25) is 10.2 Å². The van der Waals surface area contributed by atoms with E-state index in [2.05, 4.69) is 20.4 Å². The highest BCUT2D eigenvalue weighted by Gasteiger charge is 2.11. The molecule has 0 amide bonds. The topological polar surface area (TPSA) is 69.3 Å². The number of halogens is 2. The fraction of sp³-hybridized carbons (Fsp3) is 0.308. The zero-order valence-corrected chi connectivity index (χ0v) is 13.6. The molecule has 0 radical (unpaired) electrons. The molecule has 0 spiro atoms. The van der Waals surface area contributed by atoms with E-state index in [1.165, 1.54) is 6.33 Å². The van der Waals surface area contributed by atoms with Crippen LogP contribution in [-0.2, 0) is 24.9 Å². The Bertz CT molecular complexity index is 812. The van der Waals surface area contributed by atoms with Gasteiger partial charge in [0.2, 0.25) is 0 Å². The minimum atomic E-state index is 0.403. The summed E-state index contributed by atoms with van der Waals surface area (Å²) in [5, 5.41) is 8.50. The van der Waals surface area contributed by atoms with Crippen molar-refractivity contribution in [2.75, 3.05) is 12.4 Å². The lowest BCUT2D eigenvalue weighted by Crippen LogP contribution is -2.10. The van der Waals surface area contributed by atoms with Gasteiger partial charge in [0, 0.05) is 25.9 Å². The van der Waals surface area contributed by atoms with Gasteiger partial charge in [0.25, 0.3) is 5.78 Å². The van der Waals surface area contributed by atoms with E-state index in [1.54, 1.807) is 11.6 Å². The Balaban J connectivity index is 1.89. The van der Waals surface area contributed by atoms with Gasteiger partial charge in [-0.2, -0.15) is 14.6 Å². The molecule has 0 aliphatic rings. The summed E-state index contributed by atoms with van der Waals surface area (Å²) in [7, 11) is 3.48. The van der Waals surface area contributed by atoms with Gasteiger partial charge >= 0.3 is 0 Å². The Morgan fingerprint density at radius 3 is 2.82 bits per heavy atom. The molecule has 0 fully saturated rings. The molecule has 9 heteroatoms. The number of aromatic nitrogens is 5. The second-order valence-electron chi connectivity index (χ2n) is 4.72. The van der Waals surface area contributed by atoms with E-state index >= 15 is 0 Å². The van der Waals surface area contributed by atoms with Gasteiger partial charge < -0.3 is 14.6 Å². The number of anilines is 1. The van der Waals surface area contributed by atoms with E-state index in [1.807, 2.05) is 23.7 Å². The highest BCUT2D eigenvalue weighted by Crippen LogP contribution is 2.25. The quantitative estimate of drug-likeness (QED) is 0.772. The first kappa shape index (κ1) is 15.1. The number of ether oxygens (including phenoxy) is 1. The van der Waals surface area contributed by atoms with Gasteiger partial charge in [-0.3, -0.25) is 0 Å². The zero-order chi connectivity index (χ0) is 15.7. The largest absolute Gasteiger partial charge is 0.378 e. The van der Waals surface area contributed by atoms with Crippen LogP contribution in [0.3, 0.4) is 0 Å². The van der Waals surface area contributed by atoms with E-state index in [9.17, 15) is 0 Å². The number of hydrogen-bond donors (Lipinski definition) is 1.